The summed E-state index contributed by atoms with van der Waals surface area (Å²) in [6.07, 6.45) is 2.45. The Morgan fingerprint density at radius 2 is 1.63 bits per heavy atom. The van der Waals surface area contributed by atoms with Crippen molar-refractivity contribution in [1.29, 1.82) is 0 Å². The standard InChI is InChI=1S/C27H26N2O5S/c1-20(27(31)28(2)23-9-4-3-5-10-23)34-26(30)17-14-21-12-15-24(16-13-21)35(32,33)29-19-18-22-8-6-7-11-25(22)29/h3-17,20H,18-19H2,1-2H3/b17-14+. The zero-order valence-electron chi connectivity index (χ0n) is 19.5. The summed E-state index contributed by atoms with van der Waals surface area (Å²) < 4.78 is 32.9. The Morgan fingerprint density at radius 1 is 0.971 bits per heavy atom. The highest BCUT2D eigenvalue weighted by Gasteiger charge is 2.30. The molecule has 1 heterocycles. The van der Waals surface area contributed by atoms with Crippen LogP contribution >= 0.6 is 0 Å². The van der Waals surface area contributed by atoms with Crippen LogP contribution in [0.15, 0.2) is 89.8 Å². The minimum absolute atomic E-state index is 0.178. The Hall–Kier alpha value is -3.91. The predicted octanol–water partition coefficient (Wildman–Crippen LogP) is 4.05. The van der Waals surface area contributed by atoms with Crippen molar-refractivity contribution in [2.75, 3.05) is 22.8 Å². The van der Waals surface area contributed by atoms with Crippen molar-refractivity contribution >= 4 is 39.4 Å². The fourth-order valence-electron chi connectivity index (χ4n) is 3.92. The highest BCUT2D eigenvalue weighted by Crippen LogP contribution is 2.32. The summed E-state index contributed by atoms with van der Waals surface area (Å²) in [4.78, 5) is 26.4. The minimum Gasteiger partial charge on any atom is -0.449 e. The van der Waals surface area contributed by atoms with Crippen molar-refractivity contribution < 1.29 is 22.7 Å². The first-order valence-electron chi connectivity index (χ1n) is 11.2. The number of likely N-dealkylation sites (N-methyl/N-ethyl adjacent to an activating group) is 1. The summed E-state index contributed by atoms with van der Waals surface area (Å²) in [5, 5.41) is 0. The zero-order chi connectivity index (χ0) is 25.0. The van der Waals surface area contributed by atoms with Gasteiger partial charge < -0.3 is 9.64 Å². The van der Waals surface area contributed by atoms with Crippen LogP contribution in [0, 0.1) is 0 Å². The van der Waals surface area contributed by atoms with Crippen LogP contribution in [0.1, 0.15) is 18.1 Å². The molecule has 8 heteroatoms. The number of anilines is 2. The summed E-state index contributed by atoms with van der Waals surface area (Å²) in [5.41, 5.74) is 3.05. The summed E-state index contributed by atoms with van der Waals surface area (Å²) >= 11 is 0. The molecule has 1 atom stereocenters. The fraction of sp³-hybridized carbons (Fsp3) is 0.185. The molecule has 0 fully saturated rings. The average molecular weight is 491 g/mol. The molecule has 4 rings (SSSR count). The van der Waals surface area contributed by atoms with E-state index in [1.807, 2.05) is 42.5 Å². The maximum absolute atomic E-state index is 13.1. The lowest BCUT2D eigenvalue weighted by atomic mass is 10.2. The number of ether oxygens (including phenoxy) is 1. The Bertz CT molecular complexity index is 1350. The van der Waals surface area contributed by atoms with Gasteiger partial charge >= 0.3 is 5.97 Å². The van der Waals surface area contributed by atoms with Crippen molar-refractivity contribution in [3.8, 4) is 0 Å². The maximum Gasteiger partial charge on any atom is 0.331 e. The van der Waals surface area contributed by atoms with Crippen LogP contribution in [0.3, 0.4) is 0 Å². The monoisotopic (exact) mass is 490 g/mol. The number of benzene rings is 3. The van der Waals surface area contributed by atoms with E-state index >= 15 is 0 Å². The number of hydrogen-bond donors (Lipinski definition) is 0. The molecule has 0 bridgehead atoms. The largest absolute Gasteiger partial charge is 0.449 e. The number of carbonyl (C=O) groups is 2. The molecule has 1 aliphatic rings. The molecular weight excluding hydrogens is 464 g/mol. The van der Waals surface area contributed by atoms with E-state index < -0.39 is 22.1 Å². The fourth-order valence-corrected chi connectivity index (χ4v) is 5.42. The molecule has 0 saturated heterocycles. The van der Waals surface area contributed by atoms with Crippen molar-refractivity contribution in [3.05, 3.63) is 96.1 Å². The Balaban J connectivity index is 1.38. The number of nitrogens with zero attached hydrogens (tertiary/aromatic N) is 2. The summed E-state index contributed by atoms with van der Waals surface area (Å²) in [6, 6.07) is 22.8. The number of rotatable bonds is 7. The molecule has 0 aliphatic carbocycles. The van der Waals surface area contributed by atoms with Gasteiger partial charge in [-0.25, -0.2) is 13.2 Å². The molecule has 0 radical (unpaired) electrons. The number of sulfonamides is 1. The molecule has 1 amide bonds. The van der Waals surface area contributed by atoms with Crippen LogP contribution in [-0.2, 0) is 30.8 Å². The quantitative estimate of drug-likeness (QED) is 0.369. The predicted molar refractivity (Wildman–Crippen MR) is 136 cm³/mol. The molecule has 3 aromatic rings. The molecule has 1 aliphatic heterocycles. The molecule has 180 valence electrons. The van der Waals surface area contributed by atoms with Crippen LogP contribution < -0.4 is 9.21 Å². The maximum atomic E-state index is 13.1. The summed E-state index contributed by atoms with van der Waals surface area (Å²) in [6.45, 7) is 1.93. The number of hydrogen-bond acceptors (Lipinski definition) is 5. The number of amides is 1. The topological polar surface area (TPSA) is 84.0 Å². The molecule has 7 nitrogen and oxygen atoms in total. The second-order valence-electron chi connectivity index (χ2n) is 8.17. The minimum atomic E-state index is -3.68. The Labute approximate surface area is 205 Å². The molecule has 0 N–H and O–H groups in total. The summed E-state index contributed by atoms with van der Waals surface area (Å²) in [7, 11) is -2.06. The van der Waals surface area contributed by atoms with E-state index in [-0.39, 0.29) is 10.8 Å². The van der Waals surface area contributed by atoms with E-state index in [9.17, 15) is 18.0 Å². The van der Waals surface area contributed by atoms with Gasteiger partial charge in [-0.3, -0.25) is 9.10 Å². The van der Waals surface area contributed by atoms with E-state index in [0.717, 1.165) is 5.56 Å². The van der Waals surface area contributed by atoms with E-state index in [1.165, 1.54) is 40.4 Å². The second-order valence-corrected chi connectivity index (χ2v) is 10.0. The third-order valence-corrected chi connectivity index (χ3v) is 7.67. The average Bonchev–Trinajstić information content (AvgIpc) is 3.32. The van der Waals surface area contributed by atoms with Crippen LogP contribution in [-0.4, -0.2) is 40.0 Å². The van der Waals surface area contributed by atoms with Gasteiger partial charge in [-0.2, -0.15) is 0 Å². The van der Waals surface area contributed by atoms with Crippen molar-refractivity contribution in [2.24, 2.45) is 0 Å². The number of para-hydroxylation sites is 2. The van der Waals surface area contributed by atoms with Crippen molar-refractivity contribution in [2.45, 2.75) is 24.3 Å². The Morgan fingerprint density at radius 3 is 2.34 bits per heavy atom. The highest BCUT2D eigenvalue weighted by atomic mass is 32.2. The zero-order valence-corrected chi connectivity index (χ0v) is 20.3. The van der Waals surface area contributed by atoms with Gasteiger partial charge in [-0.1, -0.05) is 48.5 Å². The van der Waals surface area contributed by atoms with Crippen LogP contribution in [0.2, 0.25) is 0 Å². The van der Waals surface area contributed by atoms with Gasteiger partial charge in [0, 0.05) is 25.4 Å². The lowest BCUT2D eigenvalue weighted by Crippen LogP contribution is -2.37. The molecular formula is C27H26N2O5S. The van der Waals surface area contributed by atoms with Gasteiger partial charge in [0.15, 0.2) is 6.10 Å². The van der Waals surface area contributed by atoms with Gasteiger partial charge in [-0.05, 0) is 60.9 Å². The van der Waals surface area contributed by atoms with Crippen LogP contribution in [0.4, 0.5) is 11.4 Å². The number of fused-ring (bicyclic) bond motifs is 1. The first-order chi connectivity index (χ1) is 16.8. The normalized spacial score (nSPS) is 13.9. The SMILES string of the molecule is CC(OC(=O)/C=C/c1ccc(S(=O)(=O)N2CCc3ccccc32)cc1)C(=O)N(C)c1ccccc1. The first kappa shape index (κ1) is 24.2. The first-order valence-corrected chi connectivity index (χ1v) is 12.6. The molecule has 1 unspecified atom stereocenters. The van der Waals surface area contributed by atoms with Crippen LogP contribution in [0.5, 0.6) is 0 Å². The molecule has 3 aromatic carbocycles. The smallest absolute Gasteiger partial charge is 0.331 e. The number of carbonyl (C=O) groups excluding carboxylic acids is 2. The van der Waals surface area contributed by atoms with E-state index in [1.54, 1.807) is 31.3 Å². The summed E-state index contributed by atoms with van der Waals surface area (Å²) in [5.74, 6) is -1.02. The number of esters is 1. The molecule has 35 heavy (non-hydrogen) atoms. The second kappa shape index (κ2) is 10.1. The van der Waals surface area contributed by atoms with Gasteiger partial charge in [-0.15, -0.1) is 0 Å². The lowest BCUT2D eigenvalue weighted by molar-refractivity contribution is -0.148. The molecule has 0 spiro atoms. The van der Waals surface area contributed by atoms with Crippen molar-refractivity contribution in [1.82, 2.24) is 0 Å². The van der Waals surface area contributed by atoms with E-state index in [0.29, 0.717) is 29.9 Å². The van der Waals surface area contributed by atoms with Gasteiger partial charge in [0.05, 0.1) is 10.6 Å². The van der Waals surface area contributed by atoms with Gasteiger partial charge in [0.2, 0.25) is 0 Å². The highest BCUT2D eigenvalue weighted by molar-refractivity contribution is 7.92. The Kier molecular flexibility index (Phi) is 7.02. The molecule has 0 aromatic heterocycles. The van der Waals surface area contributed by atoms with E-state index in [2.05, 4.69) is 0 Å². The van der Waals surface area contributed by atoms with Gasteiger partial charge in [0.25, 0.3) is 15.9 Å². The lowest BCUT2D eigenvalue weighted by Gasteiger charge is -2.21. The third-order valence-electron chi connectivity index (χ3n) is 5.84. The van der Waals surface area contributed by atoms with Crippen molar-refractivity contribution in [3.63, 3.8) is 0 Å². The van der Waals surface area contributed by atoms with E-state index in [4.69, 9.17) is 4.74 Å². The van der Waals surface area contributed by atoms with Gasteiger partial charge in [0.1, 0.15) is 0 Å². The van der Waals surface area contributed by atoms with Crippen LogP contribution in [0.25, 0.3) is 6.08 Å². The third kappa shape index (κ3) is 5.27. The molecule has 0 saturated carbocycles.